The number of hydrogen-bond donors (Lipinski definition) is 4. The quantitative estimate of drug-likeness (QED) is 0.402. The van der Waals surface area contributed by atoms with E-state index in [4.69, 9.17) is 5.11 Å². The van der Waals surface area contributed by atoms with Gasteiger partial charge in [-0.05, 0) is 6.07 Å². The number of aromatic nitrogens is 3. The van der Waals surface area contributed by atoms with Gasteiger partial charge in [0.05, 0.1) is 11.8 Å². The van der Waals surface area contributed by atoms with Crippen molar-refractivity contribution in [3.63, 3.8) is 0 Å². The van der Waals surface area contributed by atoms with Gasteiger partial charge in [-0.25, -0.2) is 20.1 Å². The minimum atomic E-state index is -1.10. The Hall–Kier alpha value is -3.56. The van der Waals surface area contributed by atoms with Gasteiger partial charge in [0.15, 0.2) is 0 Å². The van der Waals surface area contributed by atoms with Gasteiger partial charge in [-0.2, -0.15) is 10.2 Å². The Morgan fingerprint density at radius 2 is 2.04 bits per heavy atom. The van der Waals surface area contributed by atoms with E-state index in [0.717, 1.165) is 0 Å². The second kappa shape index (κ2) is 7.63. The second-order valence-corrected chi connectivity index (χ2v) is 4.64. The van der Waals surface area contributed by atoms with Crippen LogP contribution in [0.3, 0.4) is 0 Å². The Morgan fingerprint density at radius 3 is 2.75 bits per heavy atom. The number of nitrogens with zero attached hydrogens (tertiary/aromatic N) is 2. The molecule has 124 valence electrons. The van der Waals surface area contributed by atoms with Crippen molar-refractivity contribution in [2.24, 2.45) is 5.10 Å². The Kier molecular flexibility index (Phi) is 5.34. The number of carboxylic acid groups (broad SMARTS) is 1. The fourth-order valence-electron chi connectivity index (χ4n) is 1.81. The van der Waals surface area contributed by atoms with Crippen LogP contribution >= 0.6 is 0 Å². The molecule has 0 aliphatic carbocycles. The number of benzene rings is 1. The van der Waals surface area contributed by atoms with Crippen molar-refractivity contribution < 1.29 is 14.7 Å². The SMILES string of the molecule is O=C(CCc1n[nH]c(=O)[nH]c1=O)N/N=C\c1ccccc1C(=O)O. The van der Waals surface area contributed by atoms with Crippen molar-refractivity contribution in [3.8, 4) is 0 Å². The van der Waals surface area contributed by atoms with Crippen molar-refractivity contribution in [1.82, 2.24) is 20.6 Å². The molecule has 1 heterocycles. The van der Waals surface area contributed by atoms with Gasteiger partial charge < -0.3 is 5.11 Å². The van der Waals surface area contributed by atoms with Crippen molar-refractivity contribution in [2.45, 2.75) is 12.8 Å². The van der Waals surface area contributed by atoms with Crippen molar-refractivity contribution in [1.29, 1.82) is 0 Å². The smallest absolute Gasteiger partial charge is 0.342 e. The summed E-state index contributed by atoms with van der Waals surface area (Å²) < 4.78 is 0. The molecule has 2 rings (SSSR count). The summed E-state index contributed by atoms with van der Waals surface area (Å²) in [6.07, 6.45) is 1.14. The zero-order valence-corrected chi connectivity index (χ0v) is 12.3. The van der Waals surface area contributed by atoms with Gasteiger partial charge in [0.1, 0.15) is 5.69 Å². The number of aryl methyl sites for hydroxylation is 1. The molecule has 0 saturated heterocycles. The molecule has 0 aliphatic heterocycles. The number of hydrazone groups is 1. The first-order valence-corrected chi connectivity index (χ1v) is 6.79. The van der Waals surface area contributed by atoms with E-state index in [1.165, 1.54) is 12.3 Å². The second-order valence-electron chi connectivity index (χ2n) is 4.64. The zero-order valence-electron chi connectivity index (χ0n) is 12.3. The first-order valence-electron chi connectivity index (χ1n) is 6.79. The lowest BCUT2D eigenvalue weighted by molar-refractivity contribution is -0.121. The van der Waals surface area contributed by atoms with Crippen LogP contribution in [0.1, 0.15) is 28.0 Å². The van der Waals surface area contributed by atoms with Crippen LogP contribution in [0, 0.1) is 0 Å². The van der Waals surface area contributed by atoms with Gasteiger partial charge in [-0.15, -0.1) is 0 Å². The number of H-pyrrole nitrogens is 2. The van der Waals surface area contributed by atoms with Crippen LogP contribution in [-0.2, 0) is 11.2 Å². The average molecular weight is 331 g/mol. The highest BCUT2D eigenvalue weighted by Crippen LogP contribution is 2.05. The van der Waals surface area contributed by atoms with E-state index in [1.807, 2.05) is 4.98 Å². The summed E-state index contributed by atoms with van der Waals surface area (Å²) in [5.41, 5.74) is 1.25. The highest BCUT2D eigenvalue weighted by Gasteiger charge is 2.08. The van der Waals surface area contributed by atoms with E-state index in [2.05, 4.69) is 20.7 Å². The van der Waals surface area contributed by atoms with Crippen LogP contribution in [-0.4, -0.2) is 38.4 Å². The Morgan fingerprint density at radius 1 is 1.29 bits per heavy atom. The largest absolute Gasteiger partial charge is 0.478 e. The number of aromatic carboxylic acids is 1. The van der Waals surface area contributed by atoms with Gasteiger partial charge in [0.25, 0.3) is 5.56 Å². The van der Waals surface area contributed by atoms with Gasteiger partial charge in [-0.1, -0.05) is 18.2 Å². The van der Waals surface area contributed by atoms with E-state index in [9.17, 15) is 19.2 Å². The van der Waals surface area contributed by atoms with Crippen LogP contribution in [0.5, 0.6) is 0 Å². The van der Waals surface area contributed by atoms with Crippen LogP contribution in [0.2, 0.25) is 0 Å². The Labute approximate surface area is 134 Å². The van der Waals surface area contributed by atoms with Crippen molar-refractivity contribution in [3.05, 3.63) is 61.9 Å². The lowest BCUT2D eigenvalue weighted by Crippen LogP contribution is -2.28. The fraction of sp³-hybridized carbons (Fsp3) is 0.143. The highest BCUT2D eigenvalue weighted by molar-refractivity contribution is 5.98. The Bertz CT molecular complexity index is 899. The maximum absolute atomic E-state index is 11.7. The molecular weight excluding hydrogens is 318 g/mol. The molecule has 0 spiro atoms. The summed E-state index contributed by atoms with van der Waals surface area (Å²) in [5.74, 6) is -1.60. The molecule has 24 heavy (non-hydrogen) atoms. The predicted molar refractivity (Wildman–Crippen MR) is 82.9 cm³/mol. The minimum absolute atomic E-state index is 0.0131. The first kappa shape index (κ1) is 16.8. The van der Waals surface area contributed by atoms with Gasteiger partial charge in [-0.3, -0.25) is 14.6 Å². The zero-order chi connectivity index (χ0) is 17.5. The average Bonchev–Trinajstić information content (AvgIpc) is 2.54. The molecular formula is C14H13N5O5. The van der Waals surface area contributed by atoms with Gasteiger partial charge >= 0.3 is 11.7 Å². The summed E-state index contributed by atoms with van der Waals surface area (Å²) in [4.78, 5) is 46.9. The molecule has 0 bridgehead atoms. The van der Waals surface area contributed by atoms with Crippen molar-refractivity contribution >= 4 is 18.1 Å². The van der Waals surface area contributed by atoms with E-state index >= 15 is 0 Å². The summed E-state index contributed by atoms with van der Waals surface area (Å²) in [5, 5.41) is 18.3. The third-order valence-electron chi connectivity index (χ3n) is 2.95. The molecule has 0 unspecified atom stereocenters. The fourth-order valence-corrected chi connectivity index (χ4v) is 1.81. The molecule has 4 N–H and O–H groups in total. The van der Waals surface area contributed by atoms with Gasteiger partial charge in [0, 0.05) is 18.4 Å². The molecule has 0 saturated carbocycles. The van der Waals surface area contributed by atoms with E-state index in [1.54, 1.807) is 18.2 Å². The van der Waals surface area contributed by atoms with Crippen LogP contribution in [0.15, 0.2) is 39.0 Å². The number of hydrogen-bond acceptors (Lipinski definition) is 6. The maximum atomic E-state index is 11.7. The van der Waals surface area contributed by atoms with E-state index in [0.29, 0.717) is 5.56 Å². The molecule has 0 atom stereocenters. The lowest BCUT2D eigenvalue weighted by atomic mass is 10.1. The number of carbonyl (C=O) groups is 2. The summed E-state index contributed by atoms with van der Waals surface area (Å²) in [6, 6.07) is 6.18. The highest BCUT2D eigenvalue weighted by atomic mass is 16.4. The topological polar surface area (TPSA) is 157 Å². The predicted octanol–water partition coefficient (Wildman–Crippen LogP) is -0.761. The number of carbonyl (C=O) groups excluding carboxylic acids is 1. The molecule has 1 aromatic carbocycles. The van der Waals surface area contributed by atoms with Crippen LogP contribution in [0.25, 0.3) is 0 Å². The number of aromatic amines is 2. The Balaban J connectivity index is 1.93. The number of carboxylic acids is 1. The van der Waals surface area contributed by atoms with E-state index in [-0.39, 0.29) is 24.1 Å². The van der Waals surface area contributed by atoms with Crippen LogP contribution in [0.4, 0.5) is 0 Å². The molecule has 0 aliphatic rings. The van der Waals surface area contributed by atoms with Crippen LogP contribution < -0.4 is 16.7 Å². The molecule has 2 aromatic rings. The van der Waals surface area contributed by atoms with Crippen molar-refractivity contribution in [2.75, 3.05) is 0 Å². The summed E-state index contributed by atoms with van der Waals surface area (Å²) >= 11 is 0. The standard InChI is InChI=1S/C14H13N5O5/c20-11(6-5-10-12(21)16-14(24)19-17-10)18-15-7-8-3-1-2-4-9(8)13(22)23/h1-4,7H,5-6H2,(H,18,20)(H,22,23)(H2,16,19,21,24)/b15-7-. The monoisotopic (exact) mass is 331 g/mol. The molecule has 10 nitrogen and oxygen atoms in total. The molecule has 10 heteroatoms. The van der Waals surface area contributed by atoms with Gasteiger partial charge in [0.2, 0.25) is 5.91 Å². The maximum Gasteiger partial charge on any atom is 0.342 e. The number of nitrogens with one attached hydrogen (secondary N) is 3. The molecule has 1 aromatic heterocycles. The minimum Gasteiger partial charge on any atom is -0.478 e. The molecule has 1 amide bonds. The summed E-state index contributed by atoms with van der Waals surface area (Å²) in [7, 11) is 0. The third kappa shape index (κ3) is 4.47. The normalized spacial score (nSPS) is 10.7. The lowest BCUT2D eigenvalue weighted by Gasteiger charge is -2.01. The third-order valence-corrected chi connectivity index (χ3v) is 2.95. The number of rotatable bonds is 6. The first-order chi connectivity index (χ1) is 11.5. The number of amides is 1. The van der Waals surface area contributed by atoms with E-state index < -0.39 is 23.1 Å². The molecule has 0 radical (unpaired) electrons. The molecule has 0 fully saturated rings. The summed E-state index contributed by atoms with van der Waals surface area (Å²) in [6.45, 7) is 0.